The van der Waals surface area contributed by atoms with Crippen LogP contribution in [0.3, 0.4) is 0 Å². The van der Waals surface area contributed by atoms with Gasteiger partial charge >= 0.3 is 0 Å². The monoisotopic (exact) mass is 373 g/mol. The molecule has 0 bridgehead atoms. The maximum Gasteiger partial charge on any atom is 0.223 e. The van der Waals surface area contributed by atoms with Crippen LogP contribution in [0.1, 0.15) is 57.6 Å². The normalized spacial score (nSPS) is 20.4. The summed E-state index contributed by atoms with van der Waals surface area (Å²) in [5.74, 6) is 1.13. The molecule has 1 amide bonds. The van der Waals surface area contributed by atoms with Crippen LogP contribution in [0.15, 0.2) is 23.5 Å². The molecule has 1 aliphatic rings. The largest absolute Gasteiger partial charge is 0.357 e. The van der Waals surface area contributed by atoms with Crippen molar-refractivity contribution in [2.75, 3.05) is 13.1 Å². The van der Waals surface area contributed by atoms with Crippen molar-refractivity contribution in [1.82, 2.24) is 20.9 Å². The second-order valence-corrected chi connectivity index (χ2v) is 7.68. The fourth-order valence-corrected chi connectivity index (χ4v) is 3.55. The summed E-state index contributed by atoms with van der Waals surface area (Å²) in [5.41, 5.74) is 2.49. The zero-order valence-corrected chi connectivity index (χ0v) is 17.2. The van der Waals surface area contributed by atoms with Gasteiger partial charge in [0.25, 0.3) is 0 Å². The van der Waals surface area contributed by atoms with Gasteiger partial charge in [-0.25, -0.2) is 0 Å². The Kier molecular flexibility index (Phi) is 8.55. The van der Waals surface area contributed by atoms with E-state index in [0.717, 1.165) is 51.2 Å². The molecule has 0 aromatic carbocycles. The average molecular weight is 374 g/mol. The highest BCUT2D eigenvalue weighted by molar-refractivity contribution is 5.81. The van der Waals surface area contributed by atoms with Gasteiger partial charge in [-0.15, -0.1) is 0 Å². The molecule has 0 radical (unpaired) electrons. The molecule has 2 rings (SSSR count). The number of amides is 1. The number of rotatable bonds is 7. The van der Waals surface area contributed by atoms with Crippen LogP contribution in [0.25, 0.3) is 0 Å². The Hall–Kier alpha value is -2.11. The number of hydrogen-bond acceptors (Lipinski definition) is 3. The van der Waals surface area contributed by atoms with E-state index in [0.29, 0.717) is 6.04 Å². The van der Waals surface area contributed by atoms with Crippen LogP contribution in [0.2, 0.25) is 0 Å². The number of nitrogens with one attached hydrogen (secondary N) is 3. The number of guanidine groups is 1. The zero-order chi connectivity index (χ0) is 19.6. The molecule has 2 unspecified atom stereocenters. The number of pyridine rings is 1. The smallest absolute Gasteiger partial charge is 0.223 e. The molecular weight excluding hydrogens is 338 g/mol. The van der Waals surface area contributed by atoms with Crippen molar-refractivity contribution in [2.45, 2.75) is 71.9 Å². The van der Waals surface area contributed by atoms with Gasteiger partial charge in [0, 0.05) is 43.5 Å². The molecule has 3 N–H and O–H groups in total. The summed E-state index contributed by atoms with van der Waals surface area (Å²) >= 11 is 0. The van der Waals surface area contributed by atoms with Crippen molar-refractivity contribution in [1.29, 1.82) is 0 Å². The van der Waals surface area contributed by atoms with E-state index in [2.05, 4.69) is 40.8 Å². The summed E-state index contributed by atoms with van der Waals surface area (Å²) in [6, 6.07) is 2.55. The van der Waals surface area contributed by atoms with Crippen LogP contribution in [0.4, 0.5) is 0 Å². The number of hydrogen-bond donors (Lipinski definition) is 3. The highest BCUT2D eigenvalue weighted by Gasteiger charge is 2.27. The number of aliphatic imine (C=N–C) groups is 1. The minimum absolute atomic E-state index is 0.0981. The molecule has 1 fully saturated rings. The summed E-state index contributed by atoms with van der Waals surface area (Å²) in [5, 5.41) is 9.93. The standard InChI is InChI=1S/C21H35N5O/c1-5-23-21(24-12-10-17-9-11-22-14-16(17)4)26-19-8-6-7-18(13-19)20(27)25-15(2)3/h9,11,14-15,18-19H,5-8,10,12-13H2,1-4H3,(H,25,27)(H2,23,24,26). The lowest BCUT2D eigenvalue weighted by molar-refractivity contribution is -0.126. The molecule has 0 spiro atoms. The van der Waals surface area contributed by atoms with E-state index < -0.39 is 0 Å². The van der Waals surface area contributed by atoms with Crippen LogP contribution >= 0.6 is 0 Å². The molecular formula is C21H35N5O. The second-order valence-electron chi connectivity index (χ2n) is 7.68. The van der Waals surface area contributed by atoms with Crippen molar-refractivity contribution in [3.63, 3.8) is 0 Å². The third-order valence-electron chi connectivity index (χ3n) is 4.95. The molecule has 1 aromatic rings. The molecule has 1 saturated carbocycles. The molecule has 6 heteroatoms. The fourth-order valence-electron chi connectivity index (χ4n) is 3.55. The number of nitrogens with zero attached hydrogens (tertiary/aromatic N) is 2. The number of aromatic nitrogens is 1. The fraction of sp³-hybridized carbons (Fsp3) is 0.667. The lowest BCUT2D eigenvalue weighted by Crippen LogP contribution is -2.47. The molecule has 6 nitrogen and oxygen atoms in total. The number of carbonyl (C=O) groups is 1. The third kappa shape index (κ3) is 7.19. The SMILES string of the molecule is CCNC(=NCCc1ccncc1C)NC1CCCC(C(=O)NC(C)C)C1. The van der Waals surface area contributed by atoms with Gasteiger partial charge in [-0.1, -0.05) is 6.42 Å². The molecule has 150 valence electrons. The molecule has 1 aromatic heterocycles. The Labute approximate surface area is 163 Å². The third-order valence-corrected chi connectivity index (χ3v) is 4.95. The highest BCUT2D eigenvalue weighted by Crippen LogP contribution is 2.24. The molecule has 0 saturated heterocycles. The average Bonchev–Trinajstić information content (AvgIpc) is 2.63. The number of aryl methyl sites for hydroxylation is 1. The van der Waals surface area contributed by atoms with Crippen LogP contribution in [-0.2, 0) is 11.2 Å². The minimum atomic E-state index is 0.0981. The molecule has 2 atom stereocenters. The van der Waals surface area contributed by atoms with Crippen molar-refractivity contribution in [2.24, 2.45) is 10.9 Å². The van der Waals surface area contributed by atoms with E-state index in [9.17, 15) is 4.79 Å². The summed E-state index contributed by atoms with van der Waals surface area (Å²) in [7, 11) is 0. The summed E-state index contributed by atoms with van der Waals surface area (Å²) in [6.45, 7) is 9.73. The van der Waals surface area contributed by atoms with Gasteiger partial charge in [0.05, 0.1) is 0 Å². The molecule has 1 aliphatic carbocycles. The maximum absolute atomic E-state index is 12.3. The molecule has 1 heterocycles. The Morgan fingerprint density at radius 1 is 1.37 bits per heavy atom. The summed E-state index contributed by atoms with van der Waals surface area (Å²) in [4.78, 5) is 21.2. The number of carbonyl (C=O) groups excluding carboxylic acids is 1. The molecule has 27 heavy (non-hydrogen) atoms. The van der Waals surface area contributed by atoms with Gasteiger partial charge in [0.2, 0.25) is 5.91 Å². The second kappa shape index (κ2) is 10.9. The first kappa shape index (κ1) is 21.2. The van der Waals surface area contributed by atoms with Crippen LogP contribution < -0.4 is 16.0 Å². The minimum Gasteiger partial charge on any atom is -0.357 e. The van der Waals surface area contributed by atoms with Crippen LogP contribution in [0.5, 0.6) is 0 Å². The summed E-state index contributed by atoms with van der Waals surface area (Å²) < 4.78 is 0. The van der Waals surface area contributed by atoms with Gasteiger partial charge in [-0.05, 0) is 70.6 Å². The lowest BCUT2D eigenvalue weighted by atomic mass is 9.85. The lowest BCUT2D eigenvalue weighted by Gasteiger charge is -2.30. The van der Waals surface area contributed by atoms with Crippen LogP contribution in [0, 0.1) is 12.8 Å². The van der Waals surface area contributed by atoms with Gasteiger partial charge in [-0.2, -0.15) is 0 Å². The van der Waals surface area contributed by atoms with Gasteiger partial charge < -0.3 is 16.0 Å². The van der Waals surface area contributed by atoms with E-state index in [1.807, 2.05) is 26.2 Å². The first-order valence-corrected chi connectivity index (χ1v) is 10.2. The van der Waals surface area contributed by atoms with Crippen LogP contribution in [-0.4, -0.2) is 42.0 Å². The van der Waals surface area contributed by atoms with Crippen molar-refractivity contribution in [3.8, 4) is 0 Å². The Balaban J connectivity index is 1.90. The highest BCUT2D eigenvalue weighted by atomic mass is 16.1. The summed E-state index contributed by atoms with van der Waals surface area (Å²) in [6.07, 6.45) is 8.63. The molecule has 0 aliphatic heterocycles. The van der Waals surface area contributed by atoms with E-state index in [-0.39, 0.29) is 17.9 Å². The quantitative estimate of drug-likeness (QED) is 0.507. The maximum atomic E-state index is 12.3. The predicted octanol–water partition coefficient (Wildman–Crippen LogP) is 2.57. The zero-order valence-electron chi connectivity index (χ0n) is 17.2. The first-order chi connectivity index (χ1) is 13.0. The van der Waals surface area contributed by atoms with Crippen molar-refractivity contribution < 1.29 is 4.79 Å². The van der Waals surface area contributed by atoms with E-state index in [1.165, 1.54) is 11.1 Å². The van der Waals surface area contributed by atoms with Crippen molar-refractivity contribution in [3.05, 3.63) is 29.6 Å². The Morgan fingerprint density at radius 2 is 2.19 bits per heavy atom. The first-order valence-electron chi connectivity index (χ1n) is 10.2. The van der Waals surface area contributed by atoms with E-state index in [4.69, 9.17) is 4.99 Å². The van der Waals surface area contributed by atoms with Gasteiger partial charge in [0.15, 0.2) is 5.96 Å². The topological polar surface area (TPSA) is 78.4 Å². The Bertz CT molecular complexity index is 629. The Morgan fingerprint density at radius 3 is 2.89 bits per heavy atom. The van der Waals surface area contributed by atoms with E-state index in [1.54, 1.807) is 0 Å². The predicted molar refractivity (Wildman–Crippen MR) is 111 cm³/mol. The van der Waals surface area contributed by atoms with E-state index >= 15 is 0 Å². The van der Waals surface area contributed by atoms with Crippen molar-refractivity contribution >= 4 is 11.9 Å². The van der Waals surface area contributed by atoms with Gasteiger partial charge in [0.1, 0.15) is 0 Å². The van der Waals surface area contributed by atoms with Gasteiger partial charge in [-0.3, -0.25) is 14.8 Å².